The van der Waals surface area contributed by atoms with Crippen LogP contribution in [-0.2, 0) is 17.8 Å². The summed E-state index contributed by atoms with van der Waals surface area (Å²) in [6.45, 7) is 4.28. The molecule has 2 N–H and O–H groups in total. The van der Waals surface area contributed by atoms with E-state index in [4.69, 9.17) is 9.47 Å². The van der Waals surface area contributed by atoms with Gasteiger partial charge >= 0.3 is 0 Å². The van der Waals surface area contributed by atoms with Gasteiger partial charge in [0.25, 0.3) is 5.91 Å². The van der Waals surface area contributed by atoms with Crippen LogP contribution in [0.2, 0.25) is 0 Å². The standard InChI is InChI=1S/C30H30FN5O4/c1-35-10-12-36(13-11-35)16-18-3-2-17(14-22(18)31)30(38)34-27-26-21-15-19(4-6-23(21)40-28(26)27)39-24-8-9-32-29-20(24)5-7-25(37)33-29/h2-4,6,8-9,14-15,26-28H,5,7,10-13,16H2,1H3,(H,34,38)(H,32,33,37)/t26-,27+,28-/m0/s1. The van der Waals surface area contributed by atoms with Crippen LogP contribution in [0.4, 0.5) is 10.2 Å². The second kappa shape index (κ2) is 9.87. The number of halogens is 1. The topological polar surface area (TPSA) is 96.0 Å². The number of carbonyl (C=O) groups excluding carboxylic acids is 2. The summed E-state index contributed by atoms with van der Waals surface area (Å²) in [5.41, 5.74) is 2.75. The summed E-state index contributed by atoms with van der Waals surface area (Å²) in [6.07, 6.45) is 2.41. The number of likely N-dealkylation sites (N-methyl/N-ethyl adjacent to an activating group) is 1. The Bertz CT molecular complexity index is 1510. The van der Waals surface area contributed by atoms with Crippen molar-refractivity contribution in [2.45, 2.75) is 37.5 Å². The molecule has 4 heterocycles. The third-order valence-corrected chi connectivity index (χ3v) is 8.26. The van der Waals surface area contributed by atoms with Crippen LogP contribution >= 0.6 is 0 Å². The Morgan fingerprint density at radius 3 is 2.83 bits per heavy atom. The molecule has 2 fully saturated rings. The van der Waals surface area contributed by atoms with Crippen molar-refractivity contribution in [2.24, 2.45) is 0 Å². The molecule has 3 aromatic rings. The van der Waals surface area contributed by atoms with Crippen LogP contribution < -0.4 is 20.1 Å². The zero-order valence-corrected chi connectivity index (χ0v) is 22.2. The zero-order chi connectivity index (χ0) is 27.4. The van der Waals surface area contributed by atoms with Crippen molar-refractivity contribution in [1.82, 2.24) is 20.1 Å². The van der Waals surface area contributed by atoms with Crippen LogP contribution in [0.3, 0.4) is 0 Å². The third-order valence-electron chi connectivity index (χ3n) is 8.26. The van der Waals surface area contributed by atoms with Crippen LogP contribution in [0, 0.1) is 5.82 Å². The Balaban J connectivity index is 1.00. The SMILES string of the molecule is CN1CCN(Cc2ccc(C(=O)N[C@H]3[C@H]4Oc5ccc(Oc6ccnc7c6CCC(=O)N7)cc5[C@@H]34)cc2F)CC1. The molecule has 0 spiro atoms. The van der Waals surface area contributed by atoms with Gasteiger partial charge in [0.15, 0.2) is 0 Å². The molecule has 0 unspecified atom stereocenters. The van der Waals surface area contributed by atoms with Gasteiger partial charge in [-0.25, -0.2) is 9.37 Å². The van der Waals surface area contributed by atoms with Crippen molar-refractivity contribution in [3.8, 4) is 17.2 Å². The minimum atomic E-state index is -0.358. The van der Waals surface area contributed by atoms with Crippen molar-refractivity contribution < 1.29 is 23.5 Å². The van der Waals surface area contributed by atoms with E-state index in [1.54, 1.807) is 24.4 Å². The highest BCUT2D eigenvalue weighted by Gasteiger charge is 2.59. The van der Waals surface area contributed by atoms with Crippen LogP contribution in [0.5, 0.6) is 17.2 Å². The first kappa shape index (κ1) is 25.0. The molecule has 3 atom stereocenters. The fraction of sp³-hybridized carbons (Fsp3) is 0.367. The predicted octanol–water partition coefficient (Wildman–Crippen LogP) is 3.30. The molecule has 1 saturated heterocycles. The lowest BCUT2D eigenvalue weighted by Crippen LogP contribution is -2.44. The van der Waals surface area contributed by atoms with E-state index in [0.717, 1.165) is 43.1 Å². The molecule has 1 aromatic heterocycles. The number of nitrogens with zero attached hydrogens (tertiary/aromatic N) is 3. The predicted molar refractivity (Wildman–Crippen MR) is 145 cm³/mol. The van der Waals surface area contributed by atoms with Gasteiger partial charge < -0.3 is 25.0 Å². The van der Waals surface area contributed by atoms with Gasteiger partial charge in [0.1, 0.15) is 35.0 Å². The molecule has 0 radical (unpaired) electrons. The first-order valence-corrected chi connectivity index (χ1v) is 13.7. The van der Waals surface area contributed by atoms with Crippen molar-refractivity contribution in [1.29, 1.82) is 0 Å². The number of piperazine rings is 1. The van der Waals surface area contributed by atoms with E-state index in [1.807, 2.05) is 18.2 Å². The first-order valence-electron chi connectivity index (χ1n) is 13.7. The molecule has 7 rings (SSSR count). The van der Waals surface area contributed by atoms with Crippen molar-refractivity contribution >= 4 is 17.6 Å². The third kappa shape index (κ3) is 4.67. The monoisotopic (exact) mass is 543 g/mol. The molecule has 4 aliphatic rings. The lowest BCUT2D eigenvalue weighted by molar-refractivity contribution is -0.116. The Labute approximate surface area is 231 Å². The average molecular weight is 544 g/mol. The van der Waals surface area contributed by atoms with Crippen molar-refractivity contribution in [3.05, 3.63) is 76.7 Å². The highest BCUT2D eigenvalue weighted by molar-refractivity contribution is 5.95. The molecule has 2 amide bonds. The van der Waals surface area contributed by atoms with E-state index in [1.165, 1.54) is 6.07 Å². The smallest absolute Gasteiger partial charge is 0.251 e. The number of pyridine rings is 1. The number of hydrogen-bond acceptors (Lipinski definition) is 7. The number of anilines is 1. The van der Waals surface area contributed by atoms with Gasteiger partial charge in [-0.05, 0) is 49.9 Å². The van der Waals surface area contributed by atoms with Gasteiger partial charge in [0, 0.05) is 67.6 Å². The highest BCUT2D eigenvalue weighted by Crippen LogP contribution is 2.54. The number of nitrogens with one attached hydrogen (secondary N) is 2. The Morgan fingerprint density at radius 1 is 1.15 bits per heavy atom. The maximum absolute atomic E-state index is 14.9. The molecular weight excluding hydrogens is 513 g/mol. The Hall–Kier alpha value is -4.02. The number of hydrogen-bond donors (Lipinski definition) is 2. The van der Waals surface area contributed by atoms with Crippen LogP contribution in [0.15, 0.2) is 48.7 Å². The van der Waals surface area contributed by atoms with Gasteiger partial charge in [-0.2, -0.15) is 0 Å². The number of rotatable bonds is 6. The van der Waals surface area contributed by atoms with Crippen LogP contribution in [0.1, 0.15) is 39.4 Å². The largest absolute Gasteiger partial charge is 0.487 e. The second-order valence-corrected chi connectivity index (χ2v) is 11.0. The van der Waals surface area contributed by atoms with Crippen LogP contribution in [-0.4, -0.2) is 72.0 Å². The summed E-state index contributed by atoms with van der Waals surface area (Å²) >= 11 is 0. The maximum atomic E-state index is 14.9. The molecule has 10 heteroatoms. The van der Waals surface area contributed by atoms with Crippen LogP contribution in [0.25, 0.3) is 0 Å². The molecule has 0 bridgehead atoms. The van der Waals surface area contributed by atoms with E-state index < -0.39 is 0 Å². The number of aromatic nitrogens is 1. The van der Waals surface area contributed by atoms with E-state index in [9.17, 15) is 14.0 Å². The number of carbonyl (C=O) groups is 2. The number of benzene rings is 2. The van der Waals surface area contributed by atoms with E-state index in [2.05, 4.69) is 32.5 Å². The minimum Gasteiger partial charge on any atom is -0.487 e. The fourth-order valence-electron chi connectivity index (χ4n) is 5.85. The maximum Gasteiger partial charge on any atom is 0.251 e. The van der Waals surface area contributed by atoms with Gasteiger partial charge in [-0.1, -0.05) is 6.07 Å². The quantitative estimate of drug-likeness (QED) is 0.493. The molecule has 206 valence electrons. The van der Waals surface area contributed by atoms with Crippen molar-refractivity contribution in [2.75, 3.05) is 38.5 Å². The summed E-state index contributed by atoms with van der Waals surface area (Å²) in [7, 11) is 2.09. The second-order valence-electron chi connectivity index (χ2n) is 11.0. The summed E-state index contributed by atoms with van der Waals surface area (Å²) in [5.74, 6) is 1.89. The van der Waals surface area contributed by atoms with E-state index >= 15 is 0 Å². The molecule has 40 heavy (non-hydrogen) atoms. The number of amides is 2. The van der Waals surface area contributed by atoms with Gasteiger partial charge in [-0.15, -0.1) is 0 Å². The summed E-state index contributed by atoms with van der Waals surface area (Å²) < 4.78 is 27.1. The summed E-state index contributed by atoms with van der Waals surface area (Å²) in [4.78, 5) is 33.5. The first-order chi connectivity index (χ1) is 19.4. The molecule has 2 aromatic carbocycles. The summed E-state index contributed by atoms with van der Waals surface area (Å²) in [6, 6.07) is 12.0. The average Bonchev–Trinajstić information content (AvgIpc) is 3.47. The van der Waals surface area contributed by atoms with Crippen molar-refractivity contribution in [3.63, 3.8) is 0 Å². The summed E-state index contributed by atoms with van der Waals surface area (Å²) in [5, 5.41) is 5.81. The normalized spacial score (nSPS) is 23.4. The number of fused-ring (bicyclic) bond motifs is 4. The van der Waals surface area contributed by atoms with Gasteiger partial charge in [-0.3, -0.25) is 14.5 Å². The highest BCUT2D eigenvalue weighted by atomic mass is 19.1. The van der Waals surface area contributed by atoms with Gasteiger partial charge in [0.05, 0.1) is 12.0 Å². The minimum absolute atomic E-state index is 0.00879. The number of ether oxygens (including phenoxy) is 2. The lowest BCUT2D eigenvalue weighted by atomic mass is 10.1. The fourth-order valence-corrected chi connectivity index (χ4v) is 5.85. The molecule has 9 nitrogen and oxygen atoms in total. The Morgan fingerprint density at radius 2 is 2.00 bits per heavy atom. The molecule has 1 saturated carbocycles. The van der Waals surface area contributed by atoms with E-state index in [-0.39, 0.29) is 35.7 Å². The van der Waals surface area contributed by atoms with Gasteiger partial charge in [0.2, 0.25) is 5.91 Å². The molecule has 3 aliphatic heterocycles. The van der Waals surface area contributed by atoms with E-state index in [0.29, 0.717) is 47.8 Å². The lowest BCUT2D eigenvalue weighted by Gasteiger charge is -2.32. The Kier molecular flexibility index (Phi) is 6.16. The zero-order valence-electron chi connectivity index (χ0n) is 22.2. The molecular formula is C30H30FN5O4. The molecule has 1 aliphatic carbocycles.